The maximum Gasteiger partial charge on any atom is 0.407 e. The minimum absolute atomic E-state index is 0.0721. The summed E-state index contributed by atoms with van der Waals surface area (Å²) in [4.78, 5) is 54.2. The molecule has 6 rings (SSSR count). The third-order valence-corrected chi connectivity index (χ3v) is 10.6. The van der Waals surface area contributed by atoms with Gasteiger partial charge >= 0.3 is 12.1 Å². The van der Waals surface area contributed by atoms with Gasteiger partial charge in [-0.1, -0.05) is 112 Å². The van der Waals surface area contributed by atoms with Crippen molar-refractivity contribution < 1.29 is 24.2 Å². The Bertz CT molecular complexity index is 2160. The predicted octanol–water partition coefficient (Wildman–Crippen LogP) is 7.43. The number of amides is 4. The van der Waals surface area contributed by atoms with Crippen LogP contribution in [-0.4, -0.2) is 80.2 Å². The molecule has 308 valence electrons. The Labute approximate surface area is 347 Å². The van der Waals surface area contributed by atoms with Crippen LogP contribution in [0.15, 0.2) is 121 Å². The van der Waals surface area contributed by atoms with Gasteiger partial charge < -0.3 is 30.3 Å². The Morgan fingerprint density at radius 2 is 1.49 bits per heavy atom. The van der Waals surface area contributed by atoms with E-state index in [4.69, 9.17) is 4.74 Å². The van der Waals surface area contributed by atoms with Gasteiger partial charge in [0.25, 0.3) is 0 Å². The molecule has 4 amide bonds. The summed E-state index contributed by atoms with van der Waals surface area (Å²) in [7, 11) is 0. The fraction of sp³-hybridized carbons (Fsp3) is 0.354. The summed E-state index contributed by atoms with van der Waals surface area (Å²) in [6.07, 6.45) is 0.868. The van der Waals surface area contributed by atoms with Crippen molar-refractivity contribution in [1.29, 1.82) is 0 Å². The standard InChI is InChI=1S/C48H56N6O5/c1-33-23-24-49-41(27-33)38-21-19-36(20-22-38)29-42(52-46(57)59-32-37-16-10-7-11-17-37)43(55)30-40(28-35-14-8-6-9-15-35)51-45(56)44(48(3,4)5)54-26-25-53(47(54)58)31-39-18-12-13-34(2)50-39/h6-24,27,40,42-44,55H,25-26,28-32H2,1-5H3,(H,51,56)(H,52,57)/t40-,42-,43-,44+/m0/s1. The predicted molar refractivity (Wildman–Crippen MR) is 229 cm³/mol. The number of hydrogen-bond acceptors (Lipinski definition) is 7. The van der Waals surface area contributed by atoms with Gasteiger partial charge in [0.2, 0.25) is 5.91 Å². The van der Waals surface area contributed by atoms with Crippen LogP contribution in [0.3, 0.4) is 0 Å². The monoisotopic (exact) mass is 796 g/mol. The molecule has 3 N–H and O–H groups in total. The van der Waals surface area contributed by atoms with Crippen LogP contribution in [0.4, 0.5) is 9.59 Å². The highest BCUT2D eigenvalue weighted by atomic mass is 16.5. The molecule has 11 heteroatoms. The number of pyridine rings is 2. The number of aromatic nitrogens is 2. The zero-order valence-electron chi connectivity index (χ0n) is 34.7. The summed E-state index contributed by atoms with van der Waals surface area (Å²) in [6.45, 7) is 11.1. The Kier molecular flexibility index (Phi) is 14.1. The first-order chi connectivity index (χ1) is 28.3. The van der Waals surface area contributed by atoms with Gasteiger partial charge in [0.05, 0.1) is 30.1 Å². The van der Waals surface area contributed by atoms with E-state index >= 15 is 0 Å². The highest BCUT2D eigenvalue weighted by Crippen LogP contribution is 2.29. The van der Waals surface area contributed by atoms with Crippen LogP contribution in [0.2, 0.25) is 0 Å². The van der Waals surface area contributed by atoms with Crippen molar-refractivity contribution >= 4 is 18.0 Å². The smallest absolute Gasteiger partial charge is 0.407 e. The van der Waals surface area contributed by atoms with E-state index < -0.39 is 35.7 Å². The first-order valence-corrected chi connectivity index (χ1v) is 20.3. The Hall–Kier alpha value is -6.07. The molecular weight excluding hydrogens is 741 g/mol. The number of nitrogens with one attached hydrogen (secondary N) is 2. The van der Waals surface area contributed by atoms with Gasteiger partial charge in [-0.2, -0.15) is 0 Å². The number of urea groups is 1. The molecule has 1 saturated heterocycles. The van der Waals surface area contributed by atoms with Crippen molar-refractivity contribution in [3.63, 3.8) is 0 Å². The van der Waals surface area contributed by atoms with E-state index in [9.17, 15) is 19.5 Å². The number of aliphatic hydroxyl groups is 1. The van der Waals surface area contributed by atoms with Crippen LogP contribution >= 0.6 is 0 Å². The second kappa shape index (κ2) is 19.6. The zero-order valence-corrected chi connectivity index (χ0v) is 34.7. The lowest BCUT2D eigenvalue weighted by Gasteiger charge is -2.38. The number of hydrogen-bond donors (Lipinski definition) is 3. The lowest BCUT2D eigenvalue weighted by Crippen LogP contribution is -2.57. The molecular formula is C48H56N6O5. The van der Waals surface area contributed by atoms with Gasteiger partial charge in [0.1, 0.15) is 12.6 Å². The van der Waals surface area contributed by atoms with Gasteiger partial charge in [-0.15, -0.1) is 0 Å². The van der Waals surface area contributed by atoms with Gasteiger partial charge in [-0.25, -0.2) is 9.59 Å². The molecule has 3 heterocycles. The first kappa shape index (κ1) is 42.5. The fourth-order valence-electron chi connectivity index (χ4n) is 7.66. The van der Waals surface area contributed by atoms with Crippen molar-refractivity contribution in [1.82, 2.24) is 30.4 Å². The molecule has 0 unspecified atom stereocenters. The van der Waals surface area contributed by atoms with Gasteiger partial charge in [-0.3, -0.25) is 14.8 Å². The normalized spacial score (nSPS) is 15.0. The molecule has 3 aromatic carbocycles. The third kappa shape index (κ3) is 12.0. The lowest BCUT2D eigenvalue weighted by molar-refractivity contribution is -0.129. The van der Waals surface area contributed by atoms with E-state index in [2.05, 4.69) is 20.6 Å². The molecule has 4 atom stereocenters. The van der Waals surface area contributed by atoms with E-state index in [0.29, 0.717) is 32.5 Å². The maximum absolute atomic E-state index is 14.5. The number of aliphatic hydroxyl groups excluding tert-OH is 1. The molecule has 0 radical (unpaired) electrons. The topological polar surface area (TPSA) is 137 Å². The van der Waals surface area contributed by atoms with Crippen LogP contribution in [0.1, 0.15) is 60.8 Å². The Morgan fingerprint density at radius 1 is 0.814 bits per heavy atom. The van der Waals surface area contributed by atoms with Crippen LogP contribution in [0, 0.1) is 19.3 Å². The van der Waals surface area contributed by atoms with Crippen molar-refractivity contribution in [2.24, 2.45) is 5.41 Å². The molecule has 0 spiro atoms. The number of benzene rings is 3. The van der Waals surface area contributed by atoms with E-state index in [-0.39, 0.29) is 25.0 Å². The molecule has 0 aliphatic carbocycles. The minimum Gasteiger partial charge on any atom is -0.445 e. The lowest BCUT2D eigenvalue weighted by atomic mass is 9.84. The maximum atomic E-state index is 14.5. The first-order valence-electron chi connectivity index (χ1n) is 20.3. The number of carbonyl (C=O) groups is 3. The second-order valence-corrected chi connectivity index (χ2v) is 16.6. The molecule has 11 nitrogen and oxygen atoms in total. The molecule has 1 aliphatic heterocycles. The summed E-state index contributed by atoms with van der Waals surface area (Å²) < 4.78 is 5.60. The van der Waals surface area contributed by atoms with Crippen molar-refractivity contribution in [3.05, 3.63) is 155 Å². The Morgan fingerprint density at radius 3 is 2.15 bits per heavy atom. The van der Waals surface area contributed by atoms with Crippen molar-refractivity contribution in [2.75, 3.05) is 13.1 Å². The zero-order chi connectivity index (χ0) is 41.9. The largest absolute Gasteiger partial charge is 0.445 e. The summed E-state index contributed by atoms with van der Waals surface area (Å²) in [5, 5.41) is 18.3. The Balaban J connectivity index is 1.21. The van der Waals surface area contributed by atoms with Gasteiger partial charge in [0.15, 0.2) is 0 Å². The molecule has 59 heavy (non-hydrogen) atoms. The molecule has 2 aromatic heterocycles. The summed E-state index contributed by atoms with van der Waals surface area (Å²) in [5.74, 6) is -0.304. The summed E-state index contributed by atoms with van der Waals surface area (Å²) in [6, 6.07) is 34.5. The van der Waals surface area contributed by atoms with E-state index in [1.807, 2.05) is 150 Å². The summed E-state index contributed by atoms with van der Waals surface area (Å²) >= 11 is 0. The van der Waals surface area contributed by atoms with Gasteiger partial charge in [0, 0.05) is 36.6 Å². The quantitative estimate of drug-likeness (QED) is 0.0945. The summed E-state index contributed by atoms with van der Waals surface area (Å²) in [5.41, 5.74) is 6.67. The number of alkyl carbamates (subject to hydrolysis) is 1. The number of ether oxygens (including phenoxy) is 1. The van der Waals surface area contributed by atoms with Crippen molar-refractivity contribution in [2.45, 2.75) is 91.3 Å². The highest BCUT2D eigenvalue weighted by Gasteiger charge is 2.44. The average Bonchev–Trinajstić information content (AvgIpc) is 3.55. The minimum atomic E-state index is -1.09. The number of aryl methyl sites for hydroxylation is 2. The van der Waals surface area contributed by atoms with Gasteiger partial charge in [-0.05, 0) is 85.0 Å². The highest BCUT2D eigenvalue weighted by molar-refractivity contribution is 5.89. The van der Waals surface area contributed by atoms with Crippen LogP contribution in [0.5, 0.6) is 0 Å². The van der Waals surface area contributed by atoms with Crippen LogP contribution < -0.4 is 10.6 Å². The van der Waals surface area contributed by atoms with E-state index in [1.165, 1.54) is 0 Å². The molecule has 0 bridgehead atoms. The SMILES string of the molecule is Cc1ccnc(-c2ccc(C[C@H](NC(=O)OCc3ccccc3)[C@@H](O)C[C@H](Cc3ccccc3)NC(=O)[C@@H](N3CCN(Cc4cccc(C)n4)C3=O)C(C)(C)C)cc2)c1. The number of rotatable bonds is 16. The van der Waals surface area contributed by atoms with Crippen LogP contribution in [0.25, 0.3) is 11.3 Å². The number of nitrogens with zero attached hydrogens (tertiary/aromatic N) is 4. The van der Waals surface area contributed by atoms with E-state index in [1.54, 1.807) is 16.0 Å². The number of carbonyl (C=O) groups excluding carboxylic acids is 3. The third-order valence-electron chi connectivity index (χ3n) is 10.6. The van der Waals surface area contributed by atoms with Crippen molar-refractivity contribution in [3.8, 4) is 11.3 Å². The fourth-order valence-corrected chi connectivity index (χ4v) is 7.66. The molecule has 1 fully saturated rings. The second-order valence-electron chi connectivity index (χ2n) is 16.6. The average molecular weight is 797 g/mol. The molecule has 1 aliphatic rings. The molecule has 0 saturated carbocycles. The molecule has 5 aromatic rings. The van der Waals surface area contributed by atoms with E-state index in [0.717, 1.165) is 44.9 Å². The van der Waals surface area contributed by atoms with Crippen LogP contribution in [-0.2, 0) is 35.5 Å².